The van der Waals surface area contributed by atoms with E-state index in [2.05, 4.69) is 9.97 Å². The number of esters is 2. The van der Waals surface area contributed by atoms with Crippen LogP contribution in [-0.2, 0) is 30.3 Å². The van der Waals surface area contributed by atoms with E-state index in [-0.39, 0.29) is 11.0 Å². The Morgan fingerprint density at radius 2 is 1.91 bits per heavy atom. The molecule has 1 saturated heterocycles. The minimum Gasteiger partial charge on any atom is -0.460 e. The van der Waals surface area contributed by atoms with Crippen molar-refractivity contribution in [2.24, 2.45) is 0 Å². The molecule has 2 aromatic heterocycles. The molecule has 0 bridgehead atoms. The molecule has 5 atom stereocenters. The van der Waals surface area contributed by atoms with Crippen molar-refractivity contribution in [1.29, 1.82) is 0 Å². The molecule has 1 fully saturated rings. The van der Waals surface area contributed by atoms with Crippen molar-refractivity contribution < 1.29 is 41.4 Å². The van der Waals surface area contributed by atoms with E-state index in [0.717, 1.165) is 13.8 Å². The summed E-state index contributed by atoms with van der Waals surface area (Å²) in [4.78, 5) is 43.6. The number of hydrogen-bond acceptors (Lipinski definition) is 9. The number of carbonyl (C=O) groups excluding carboxylic acids is 2. The number of nitrogen functional groups attached to an aromatic ring is 1. The molecule has 34 heavy (non-hydrogen) atoms. The maximum atomic E-state index is 15.4. The van der Waals surface area contributed by atoms with Gasteiger partial charge in [-0.2, -0.15) is 23.1 Å². The monoisotopic (exact) mass is 513 g/mol. The molecule has 0 saturated carbocycles. The van der Waals surface area contributed by atoms with Gasteiger partial charge in [0.05, 0.1) is 0 Å². The molecular weight excluding hydrogens is 494 g/mol. The predicted octanol–water partition coefficient (Wildman–Crippen LogP) is 1.90. The zero-order valence-electron chi connectivity index (χ0n) is 18.0. The summed E-state index contributed by atoms with van der Waals surface area (Å²) in [5, 5.41) is -0.565. The van der Waals surface area contributed by atoms with E-state index < -0.39 is 83.3 Å². The van der Waals surface area contributed by atoms with Gasteiger partial charge in [-0.1, -0.05) is 18.5 Å². The summed E-state index contributed by atoms with van der Waals surface area (Å²) in [6.45, 7) is 1.84. The van der Waals surface area contributed by atoms with E-state index in [1.807, 2.05) is 0 Å². The highest BCUT2D eigenvalue weighted by Gasteiger charge is 2.53. The molecular formula is C18H20ClF4N5O6. The number of rotatable bonds is 6. The first kappa shape index (κ1) is 25.7. The van der Waals surface area contributed by atoms with Gasteiger partial charge in [-0.25, -0.2) is 13.8 Å². The van der Waals surface area contributed by atoms with E-state index >= 15 is 4.39 Å². The summed E-state index contributed by atoms with van der Waals surface area (Å²) in [5.74, 6) is -2.19. The van der Waals surface area contributed by atoms with Crippen LogP contribution in [0.1, 0.15) is 33.4 Å². The van der Waals surface area contributed by atoms with E-state index in [1.54, 1.807) is 6.92 Å². The highest BCUT2D eigenvalue weighted by atomic mass is 35.5. The van der Waals surface area contributed by atoms with Crippen LogP contribution in [0.2, 0.25) is 5.15 Å². The molecule has 3 rings (SSSR count). The lowest BCUT2D eigenvalue weighted by Crippen LogP contribution is -2.40. The van der Waals surface area contributed by atoms with Crippen LogP contribution in [0, 0.1) is 0 Å². The number of anilines is 1. The van der Waals surface area contributed by atoms with Gasteiger partial charge in [0.1, 0.15) is 24.3 Å². The average molecular weight is 514 g/mol. The van der Waals surface area contributed by atoms with Gasteiger partial charge in [0.25, 0.3) is 0 Å². The van der Waals surface area contributed by atoms with Crippen LogP contribution >= 0.6 is 11.6 Å². The van der Waals surface area contributed by atoms with E-state index in [9.17, 15) is 27.6 Å². The van der Waals surface area contributed by atoms with E-state index in [4.69, 9.17) is 31.5 Å². The Labute approximate surface area is 193 Å². The molecule has 1 aliphatic rings. The van der Waals surface area contributed by atoms with Crippen molar-refractivity contribution in [3.05, 3.63) is 15.6 Å². The lowest BCUT2D eigenvalue weighted by Gasteiger charge is -2.23. The summed E-state index contributed by atoms with van der Waals surface area (Å²) in [7, 11) is 0. The second-order valence-electron chi connectivity index (χ2n) is 7.46. The molecule has 2 aromatic rings. The molecule has 0 aliphatic carbocycles. The van der Waals surface area contributed by atoms with Gasteiger partial charge in [0.15, 0.2) is 29.3 Å². The molecule has 11 nitrogen and oxygen atoms in total. The average Bonchev–Trinajstić information content (AvgIpc) is 3.13. The zero-order valence-corrected chi connectivity index (χ0v) is 18.8. The first-order valence-corrected chi connectivity index (χ1v) is 10.3. The first-order chi connectivity index (χ1) is 15.7. The molecule has 0 spiro atoms. The lowest BCUT2D eigenvalue weighted by molar-refractivity contribution is -0.159. The number of alkyl halides is 4. The predicted molar refractivity (Wildman–Crippen MR) is 107 cm³/mol. The number of nitrogens with zero attached hydrogens (tertiary/aromatic N) is 4. The van der Waals surface area contributed by atoms with Crippen LogP contribution in [0.5, 0.6) is 0 Å². The van der Waals surface area contributed by atoms with Gasteiger partial charge in [0.2, 0.25) is 5.95 Å². The number of aromatic nitrogens is 4. The number of imidazole rings is 1. The molecule has 0 unspecified atom stereocenters. The Kier molecular flexibility index (Phi) is 7.07. The summed E-state index contributed by atoms with van der Waals surface area (Å²) in [5.41, 5.74) is 3.19. The van der Waals surface area contributed by atoms with E-state index in [1.165, 1.54) is 0 Å². The maximum absolute atomic E-state index is 15.4. The van der Waals surface area contributed by atoms with Crippen LogP contribution in [0.3, 0.4) is 0 Å². The van der Waals surface area contributed by atoms with Crippen molar-refractivity contribution in [2.75, 3.05) is 5.73 Å². The molecule has 16 heteroatoms. The quantitative estimate of drug-likeness (QED) is 0.348. The highest BCUT2D eigenvalue weighted by molar-refractivity contribution is 6.33. The number of carbonyl (C=O) groups is 2. The minimum absolute atomic E-state index is 0.0792. The molecule has 0 amide bonds. The van der Waals surface area contributed by atoms with Crippen molar-refractivity contribution in [2.45, 2.75) is 70.6 Å². The molecule has 0 aromatic carbocycles. The van der Waals surface area contributed by atoms with Crippen molar-refractivity contribution >= 4 is 40.7 Å². The normalized spacial score (nSPS) is 23.8. The number of halogens is 5. The third-order valence-electron chi connectivity index (χ3n) is 4.96. The largest absolute Gasteiger partial charge is 0.460 e. The van der Waals surface area contributed by atoms with Gasteiger partial charge in [0, 0.05) is 13.8 Å². The Bertz CT molecular complexity index is 1170. The zero-order chi connectivity index (χ0) is 25.5. The maximum Gasteiger partial charge on any atom is 0.406 e. The minimum atomic E-state index is -4.85. The summed E-state index contributed by atoms with van der Waals surface area (Å²) >= 11 is 5.97. The summed E-state index contributed by atoms with van der Waals surface area (Å²) < 4.78 is 71.6. The van der Waals surface area contributed by atoms with Gasteiger partial charge in [-0.05, 0) is 6.42 Å². The summed E-state index contributed by atoms with van der Waals surface area (Å²) in [6.07, 6.45) is -13.2. The fourth-order valence-electron chi connectivity index (χ4n) is 3.77. The molecule has 3 heterocycles. The third kappa shape index (κ3) is 4.94. The van der Waals surface area contributed by atoms with Crippen molar-refractivity contribution in [1.82, 2.24) is 19.1 Å². The first-order valence-electron chi connectivity index (χ1n) is 9.89. The number of fused-ring (bicyclic) bond motifs is 1. The van der Waals surface area contributed by atoms with Gasteiger partial charge >= 0.3 is 23.8 Å². The van der Waals surface area contributed by atoms with Crippen LogP contribution in [0.25, 0.3) is 11.2 Å². The van der Waals surface area contributed by atoms with Crippen molar-refractivity contribution in [3.8, 4) is 0 Å². The Morgan fingerprint density at radius 3 is 2.44 bits per heavy atom. The van der Waals surface area contributed by atoms with Crippen LogP contribution in [-0.4, -0.2) is 61.7 Å². The van der Waals surface area contributed by atoms with Crippen LogP contribution < -0.4 is 11.4 Å². The third-order valence-corrected chi connectivity index (χ3v) is 5.22. The van der Waals surface area contributed by atoms with E-state index in [0.29, 0.717) is 4.57 Å². The Hall–Kier alpha value is -2.94. The second kappa shape index (κ2) is 9.37. The van der Waals surface area contributed by atoms with Gasteiger partial charge in [-0.15, -0.1) is 0 Å². The SMILES string of the molecule is CC[C@H](OC(C)=O)[C@H]1O[C@@H](n2c(=O)n(CC(F)(F)F)c3c(Cl)nc(N)nc32)[C@H](OC(C)=O)[C@H]1F. The molecule has 0 radical (unpaired) electrons. The van der Waals surface area contributed by atoms with Crippen LogP contribution in [0.4, 0.5) is 23.5 Å². The number of hydrogen-bond donors (Lipinski definition) is 1. The van der Waals surface area contributed by atoms with Crippen molar-refractivity contribution in [3.63, 3.8) is 0 Å². The van der Waals surface area contributed by atoms with Gasteiger partial charge in [-0.3, -0.25) is 14.2 Å². The standard InChI is InChI=1S/C18H20ClF4N5O6/c1-4-8(32-6(2)29)11-9(20)12(33-7(3)30)15(34-11)28-14-10(13(19)25-16(24)26-14)27(17(28)31)5-18(21,22)23/h8-9,11-12,15H,4-5H2,1-3H3,(H2,24,25,26)/t8-,9-,11+,12+,15+/m0/s1. The molecule has 1 aliphatic heterocycles. The smallest absolute Gasteiger partial charge is 0.406 e. The Balaban J connectivity index is 2.23. The molecule has 2 N–H and O–H groups in total. The van der Waals surface area contributed by atoms with Crippen LogP contribution in [0.15, 0.2) is 4.79 Å². The fraction of sp³-hybridized carbons (Fsp3) is 0.611. The second-order valence-corrected chi connectivity index (χ2v) is 7.82. The number of nitrogens with two attached hydrogens (primary N) is 1. The fourth-order valence-corrected chi connectivity index (χ4v) is 4.05. The number of ether oxygens (including phenoxy) is 3. The van der Waals surface area contributed by atoms with Gasteiger partial charge < -0.3 is 19.9 Å². The topological polar surface area (TPSA) is 141 Å². The highest BCUT2D eigenvalue weighted by Crippen LogP contribution is 2.38. The molecule has 188 valence electrons. The Morgan fingerprint density at radius 1 is 1.26 bits per heavy atom. The summed E-state index contributed by atoms with van der Waals surface area (Å²) in [6, 6.07) is 0. The lowest BCUT2D eigenvalue weighted by atomic mass is 10.0.